The Bertz CT molecular complexity index is 321. The molecule has 2 rings (SSSR count). The van der Waals surface area contributed by atoms with E-state index in [1.54, 1.807) is 0 Å². The van der Waals surface area contributed by atoms with Gasteiger partial charge in [-0.3, -0.25) is 4.79 Å². The summed E-state index contributed by atoms with van der Waals surface area (Å²) in [6.07, 6.45) is 6.22. The number of carbonyl (C=O) groups is 1. The van der Waals surface area contributed by atoms with Crippen molar-refractivity contribution in [3.05, 3.63) is 0 Å². The van der Waals surface area contributed by atoms with Crippen LogP contribution < -0.4 is 11.1 Å². The molecule has 2 atom stereocenters. The molecule has 0 aromatic rings. The molecule has 22 heavy (non-hydrogen) atoms. The van der Waals surface area contributed by atoms with Crippen molar-refractivity contribution in [1.82, 2.24) is 10.2 Å². The molecule has 1 saturated carbocycles. The van der Waals surface area contributed by atoms with Crippen molar-refractivity contribution in [2.24, 2.45) is 17.6 Å². The van der Waals surface area contributed by atoms with E-state index in [-0.39, 0.29) is 36.8 Å². The first-order chi connectivity index (χ1) is 9.54. The molecule has 2 aliphatic rings. The van der Waals surface area contributed by atoms with Crippen molar-refractivity contribution < 1.29 is 4.79 Å². The van der Waals surface area contributed by atoms with Crippen molar-refractivity contribution in [3.63, 3.8) is 0 Å². The van der Waals surface area contributed by atoms with E-state index < -0.39 is 0 Å². The monoisotopic (exact) mass is 353 g/mol. The highest BCUT2D eigenvalue weighted by Gasteiger charge is 2.27. The van der Waals surface area contributed by atoms with Crippen LogP contribution >= 0.6 is 24.8 Å². The van der Waals surface area contributed by atoms with E-state index in [2.05, 4.69) is 24.1 Å². The SMILES string of the molecule is CC(C)CN1CCC(NC(=O)C[C@@H]2CCC[C@H]2N)CC1.Cl.Cl. The Labute approximate surface area is 147 Å². The standard InChI is InChI=1S/C16H31N3O.2ClH/c1-12(2)11-19-8-6-14(7-9-19)18-16(20)10-13-4-3-5-15(13)17;;/h12-15H,3-11,17H2,1-2H3,(H,18,20);2*1H/t13-,15+;;/m0../s1. The molecule has 0 spiro atoms. The van der Waals surface area contributed by atoms with Crippen LogP contribution in [0.3, 0.4) is 0 Å². The zero-order valence-electron chi connectivity index (χ0n) is 13.9. The summed E-state index contributed by atoms with van der Waals surface area (Å²) in [5.41, 5.74) is 6.04. The maximum Gasteiger partial charge on any atom is 0.220 e. The normalized spacial score (nSPS) is 26.4. The first-order valence-electron chi connectivity index (χ1n) is 8.32. The highest BCUT2D eigenvalue weighted by molar-refractivity contribution is 5.85. The van der Waals surface area contributed by atoms with Crippen LogP contribution in [-0.2, 0) is 4.79 Å². The minimum Gasteiger partial charge on any atom is -0.353 e. The third kappa shape index (κ3) is 7.03. The predicted octanol–water partition coefficient (Wildman–Crippen LogP) is 2.58. The minimum absolute atomic E-state index is 0. The number of likely N-dealkylation sites (tertiary alicyclic amines) is 1. The van der Waals surface area contributed by atoms with Crippen LogP contribution in [0, 0.1) is 11.8 Å². The fourth-order valence-corrected chi connectivity index (χ4v) is 3.62. The summed E-state index contributed by atoms with van der Waals surface area (Å²) in [4.78, 5) is 14.6. The molecule has 0 unspecified atom stereocenters. The summed E-state index contributed by atoms with van der Waals surface area (Å²) in [5.74, 6) is 1.36. The molecular weight excluding hydrogens is 321 g/mol. The van der Waals surface area contributed by atoms with E-state index in [4.69, 9.17) is 5.73 Å². The van der Waals surface area contributed by atoms with Gasteiger partial charge in [-0.05, 0) is 37.5 Å². The van der Waals surface area contributed by atoms with Crippen LogP contribution in [0.15, 0.2) is 0 Å². The summed E-state index contributed by atoms with van der Waals surface area (Å²) < 4.78 is 0. The summed E-state index contributed by atoms with van der Waals surface area (Å²) in [6, 6.07) is 0.622. The number of nitrogens with one attached hydrogen (secondary N) is 1. The fourth-order valence-electron chi connectivity index (χ4n) is 3.62. The molecule has 0 bridgehead atoms. The Hall–Kier alpha value is -0.0300. The molecule has 1 aliphatic heterocycles. The molecule has 1 saturated heterocycles. The second kappa shape index (κ2) is 10.7. The highest BCUT2D eigenvalue weighted by atomic mass is 35.5. The van der Waals surface area contributed by atoms with Crippen molar-refractivity contribution in [1.29, 1.82) is 0 Å². The second-order valence-corrected chi connectivity index (χ2v) is 7.10. The number of nitrogens with zero attached hydrogens (tertiary/aromatic N) is 1. The average molecular weight is 354 g/mol. The van der Waals surface area contributed by atoms with Gasteiger partial charge in [-0.15, -0.1) is 24.8 Å². The van der Waals surface area contributed by atoms with Crippen LogP contribution in [0.5, 0.6) is 0 Å². The Balaban J connectivity index is 0.00000220. The molecule has 1 amide bonds. The third-order valence-corrected chi connectivity index (χ3v) is 4.74. The van der Waals surface area contributed by atoms with Gasteiger partial charge in [0.15, 0.2) is 0 Å². The first-order valence-corrected chi connectivity index (χ1v) is 8.32. The molecule has 0 aromatic carbocycles. The van der Waals surface area contributed by atoms with E-state index in [9.17, 15) is 4.79 Å². The van der Waals surface area contributed by atoms with Crippen LogP contribution in [0.2, 0.25) is 0 Å². The van der Waals surface area contributed by atoms with Gasteiger partial charge in [0.05, 0.1) is 0 Å². The largest absolute Gasteiger partial charge is 0.353 e. The number of halogens is 2. The number of rotatable bonds is 5. The Kier molecular flexibility index (Phi) is 10.7. The summed E-state index contributed by atoms with van der Waals surface area (Å²) in [5, 5.41) is 3.22. The molecule has 4 nitrogen and oxygen atoms in total. The quantitative estimate of drug-likeness (QED) is 0.798. The van der Waals surface area contributed by atoms with Crippen LogP contribution in [-0.4, -0.2) is 42.5 Å². The average Bonchev–Trinajstić information content (AvgIpc) is 2.77. The van der Waals surface area contributed by atoms with Crippen molar-refractivity contribution in [2.75, 3.05) is 19.6 Å². The molecule has 0 aromatic heterocycles. The lowest BCUT2D eigenvalue weighted by atomic mass is 9.98. The van der Waals surface area contributed by atoms with Gasteiger partial charge in [-0.1, -0.05) is 20.3 Å². The predicted molar refractivity (Wildman–Crippen MR) is 96.9 cm³/mol. The molecule has 1 heterocycles. The van der Waals surface area contributed by atoms with Crippen molar-refractivity contribution in [2.45, 2.75) is 64.5 Å². The minimum atomic E-state index is 0. The van der Waals surface area contributed by atoms with Gasteiger partial charge in [0.1, 0.15) is 0 Å². The molecular formula is C16H33Cl2N3O. The first kappa shape index (κ1) is 22.0. The van der Waals surface area contributed by atoms with Crippen molar-refractivity contribution in [3.8, 4) is 0 Å². The van der Waals surface area contributed by atoms with E-state index in [1.165, 1.54) is 13.0 Å². The number of hydrogen-bond acceptors (Lipinski definition) is 3. The smallest absolute Gasteiger partial charge is 0.220 e. The van der Waals surface area contributed by atoms with Gasteiger partial charge >= 0.3 is 0 Å². The highest BCUT2D eigenvalue weighted by Crippen LogP contribution is 2.26. The fraction of sp³-hybridized carbons (Fsp3) is 0.938. The third-order valence-electron chi connectivity index (χ3n) is 4.74. The zero-order chi connectivity index (χ0) is 14.5. The number of carbonyl (C=O) groups excluding carboxylic acids is 1. The van der Waals surface area contributed by atoms with Crippen LogP contribution in [0.4, 0.5) is 0 Å². The van der Waals surface area contributed by atoms with Gasteiger partial charge in [0.25, 0.3) is 0 Å². The second-order valence-electron chi connectivity index (χ2n) is 7.10. The topological polar surface area (TPSA) is 58.4 Å². The van der Waals surface area contributed by atoms with Crippen LogP contribution in [0.25, 0.3) is 0 Å². The van der Waals surface area contributed by atoms with Crippen LogP contribution in [0.1, 0.15) is 52.4 Å². The Morgan fingerprint density at radius 2 is 1.82 bits per heavy atom. The van der Waals surface area contributed by atoms with Gasteiger partial charge in [-0.2, -0.15) is 0 Å². The summed E-state index contributed by atoms with van der Waals surface area (Å²) in [7, 11) is 0. The Morgan fingerprint density at radius 3 is 2.32 bits per heavy atom. The number of nitrogens with two attached hydrogens (primary N) is 1. The Morgan fingerprint density at radius 1 is 1.18 bits per heavy atom. The van der Waals surface area contributed by atoms with Gasteiger partial charge < -0.3 is 16.0 Å². The lowest BCUT2D eigenvalue weighted by molar-refractivity contribution is -0.123. The molecule has 132 valence electrons. The molecule has 0 radical (unpaired) electrons. The van der Waals surface area contributed by atoms with Crippen molar-refractivity contribution >= 4 is 30.7 Å². The summed E-state index contributed by atoms with van der Waals surface area (Å²) in [6.45, 7) is 7.94. The van der Waals surface area contributed by atoms with E-state index in [0.717, 1.165) is 44.7 Å². The number of hydrogen-bond donors (Lipinski definition) is 2. The molecule has 6 heteroatoms. The van der Waals surface area contributed by atoms with Gasteiger partial charge in [-0.25, -0.2) is 0 Å². The molecule has 2 fully saturated rings. The molecule has 1 aliphatic carbocycles. The maximum atomic E-state index is 12.1. The number of amides is 1. The molecule has 3 N–H and O–H groups in total. The van der Waals surface area contributed by atoms with E-state index >= 15 is 0 Å². The van der Waals surface area contributed by atoms with Gasteiger partial charge in [0, 0.05) is 38.1 Å². The maximum absolute atomic E-state index is 12.1. The van der Waals surface area contributed by atoms with Gasteiger partial charge in [0.2, 0.25) is 5.91 Å². The summed E-state index contributed by atoms with van der Waals surface area (Å²) >= 11 is 0. The van der Waals surface area contributed by atoms with E-state index in [1.807, 2.05) is 0 Å². The van der Waals surface area contributed by atoms with E-state index in [0.29, 0.717) is 18.4 Å². The lowest BCUT2D eigenvalue weighted by Crippen LogP contribution is -2.46. The number of piperidine rings is 1. The zero-order valence-corrected chi connectivity index (χ0v) is 15.6. The lowest BCUT2D eigenvalue weighted by Gasteiger charge is -2.33.